The molecule has 1 amide bonds. The van der Waals surface area contributed by atoms with Crippen LogP contribution < -0.4 is 5.32 Å². The van der Waals surface area contributed by atoms with Gasteiger partial charge in [0.2, 0.25) is 5.91 Å². The van der Waals surface area contributed by atoms with Gasteiger partial charge >= 0.3 is 0 Å². The summed E-state index contributed by atoms with van der Waals surface area (Å²) in [6.07, 6.45) is 4.04. The van der Waals surface area contributed by atoms with Crippen LogP contribution >= 0.6 is 0 Å². The normalized spacial score (nSPS) is 19.5. The van der Waals surface area contributed by atoms with Crippen LogP contribution in [0.15, 0.2) is 18.2 Å². The number of anilines is 1. The molecule has 0 radical (unpaired) electrons. The van der Waals surface area contributed by atoms with Crippen molar-refractivity contribution in [1.29, 1.82) is 0 Å². The molecule has 4 rings (SSSR count). The number of amides is 1. The van der Waals surface area contributed by atoms with Crippen LogP contribution in [0.25, 0.3) is 0 Å². The van der Waals surface area contributed by atoms with E-state index >= 15 is 0 Å². The highest BCUT2D eigenvalue weighted by atomic mass is 16.2. The molecule has 2 aliphatic rings. The van der Waals surface area contributed by atoms with Gasteiger partial charge in [-0.15, -0.1) is 0 Å². The first kappa shape index (κ1) is 20.8. The van der Waals surface area contributed by atoms with Gasteiger partial charge in [-0.25, -0.2) is 9.97 Å². The maximum Gasteiger partial charge on any atom is 0.220 e. The molecule has 0 aliphatic carbocycles. The Balaban J connectivity index is 1.68. The van der Waals surface area contributed by atoms with E-state index in [1.807, 2.05) is 4.90 Å². The number of hydrogen-bond acceptors (Lipinski definition) is 5. The van der Waals surface area contributed by atoms with E-state index in [2.05, 4.69) is 49.3 Å². The van der Waals surface area contributed by atoms with Gasteiger partial charge in [0.05, 0.1) is 11.7 Å². The van der Waals surface area contributed by atoms with Crippen LogP contribution in [0.5, 0.6) is 0 Å². The summed E-state index contributed by atoms with van der Waals surface area (Å²) in [5.74, 6) is 1.85. The summed E-state index contributed by atoms with van der Waals surface area (Å²) in [5, 5.41) is 3.62. The monoisotopic (exact) mass is 407 g/mol. The highest BCUT2D eigenvalue weighted by Gasteiger charge is 2.30. The van der Waals surface area contributed by atoms with Crippen molar-refractivity contribution in [2.75, 3.05) is 25.5 Å². The molecule has 2 aliphatic heterocycles. The third-order valence-electron chi connectivity index (χ3n) is 6.64. The molecule has 6 nitrogen and oxygen atoms in total. The molecule has 1 aromatic heterocycles. The summed E-state index contributed by atoms with van der Waals surface area (Å²) in [5.41, 5.74) is 6.24. The molecule has 2 aromatic rings. The molecule has 1 saturated heterocycles. The van der Waals surface area contributed by atoms with Crippen molar-refractivity contribution in [3.8, 4) is 0 Å². The minimum absolute atomic E-state index is 0.0116. The molecule has 160 valence electrons. The summed E-state index contributed by atoms with van der Waals surface area (Å²) >= 11 is 0. The van der Waals surface area contributed by atoms with E-state index in [1.165, 1.54) is 22.3 Å². The first-order chi connectivity index (χ1) is 14.4. The Hall–Kier alpha value is -2.47. The molecule has 30 heavy (non-hydrogen) atoms. The van der Waals surface area contributed by atoms with Crippen LogP contribution in [0.2, 0.25) is 0 Å². The fourth-order valence-corrected chi connectivity index (χ4v) is 4.62. The summed E-state index contributed by atoms with van der Waals surface area (Å²) in [6.45, 7) is 9.37. The molecule has 6 heteroatoms. The number of likely N-dealkylation sites (tertiary alicyclic amines) is 1. The van der Waals surface area contributed by atoms with E-state index in [1.54, 1.807) is 6.92 Å². The third-order valence-corrected chi connectivity index (χ3v) is 6.64. The van der Waals surface area contributed by atoms with Crippen LogP contribution in [-0.2, 0) is 24.3 Å². The maximum atomic E-state index is 12.2. The minimum atomic E-state index is -0.0116. The Morgan fingerprint density at radius 1 is 1.20 bits per heavy atom. The van der Waals surface area contributed by atoms with Crippen LogP contribution in [0.1, 0.15) is 66.0 Å². The van der Waals surface area contributed by atoms with Crippen molar-refractivity contribution < 1.29 is 4.79 Å². The van der Waals surface area contributed by atoms with E-state index in [4.69, 9.17) is 9.97 Å². The van der Waals surface area contributed by atoms with Crippen LogP contribution in [0.3, 0.4) is 0 Å². The second kappa shape index (κ2) is 8.72. The Kier molecular flexibility index (Phi) is 6.04. The molecule has 3 heterocycles. The van der Waals surface area contributed by atoms with Crippen LogP contribution in [0.4, 0.5) is 5.82 Å². The largest absolute Gasteiger partial charge is 0.366 e. The smallest absolute Gasteiger partial charge is 0.220 e. The van der Waals surface area contributed by atoms with Gasteiger partial charge in [-0.2, -0.15) is 0 Å². The number of rotatable bonds is 4. The van der Waals surface area contributed by atoms with Gasteiger partial charge in [-0.1, -0.05) is 18.2 Å². The van der Waals surface area contributed by atoms with E-state index in [0.29, 0.717) is 0 Å². The number of benzene rings is 1. The molecule has 1 unspecified atom stereocenters. The number of aryl methyl sites for hydroxylation is 1. The second-order valence-corrected chi connectivity index (χ2v) is 8.78. The van der Waals surface area contributed by atoms with Crippen molar-refractivity contribution in [3.63, 3.8) is 0 Å². The summed E-state index contributed by atoms with van der Waals surface area (Å²) in [7, 11) is 2.14. The fraction of sp³-hybridized carbons (Fsp3) is 0.542. The van der Waals surface area contributed by atoms with Crippen molar-refractivity contribution in [3.05, 3.63) is 52.0 Å². The van der Waals surface area contributed by atoms with E-state index in [-0.39, 0.29) is 11.9 Å². The van der Waals surface area contributed by atoms with Gasteiger partial charge in [-0.05, 0) is 56.8 Å². The number of nitrogens with zero attached hydrogens (tertiary/aromatic N) is 4. The van der Waals surface area contributed by atoms with Gasteiger partial charge in [0.1, 0.15) is 5.82 Å². The number of hydrogen-bond donors (Lipinski definition) is 1. The topological polar surface area (TPSA) is 61.4 Å². The Morgan fingerprint density at radius 2 is 2.03 bits per heavy atom. The lowest BCUT2D eigenvalue weighted by Crippen LogP contribution is -2.38. The van der Waals surface area contributed by atoms with Gasteiger partial charge in [0.25, 0.3) is 0 Å². The number of nitrogens with one attached hydrogen (secondary N) is 1. The quantitative estimate of drug-likeness (QED) is 0.836. The predicted molar refractivity (Wildman–Crippen MR) is 119 cm³/mol. The average Bonchev–Trinajstić information content (AvgIpc) is 2.74. The Bertz CT molecular complexity index is 941. The van der Waals surface area contributed by atoms with E-state index in [9.17, 15) is 4.79 Å². The van der Waals surface area contributed by atoms with Crippen molar-refractivity contribution in [2.24, 2.45) is 0 Å². The first-order valence-electron chi connectivity index (χ1n) is 11.1. The molecule has 1 aromatic carbocycles. The number of aromatic nitrogens is 2. The zero-order valence-electron chi connectivity index (χ0n) is 18.7. The SMILES string of the molecule is CC(=O)N1CCCCC1c1nc2c(c(NCc3cccc(C)c3C)n1)CN(C)CC2. The van der Waals surface area contributed by atoms with Crippen molar-refractivity contribution in [2.45, 2.75) is 65.6 Å². The summed E-state index contributed by atoms with van der Waals surface area (Å²) in [4.78, 5) is 26.5. The lowest BCUT2D eigenvalue weighted by atomic mass is 10.00. The Morgan fingerprint density at radius 3 is 2.83 bits per heavy atom. The number of piperidine rings is 1. The van der Waals surface area contributed by atoms with E-state index in [0.717, 1.165) is 69.2 Å². The highest BCUT2D eigenvalue weighted by molar-refractivity contribution is 5.73. The summed E-state index contributed by atoms with van der Waals surface area (Å²) < 4.78 is 0. The molecule has 0 spiro atoms. The predicted octanol–water partition coefficient (Wildman–Crippen LogP) is 3.77. The van der Waals surface area contributed by atoms with Crippen LogP contribution in [-0.4, -0.2) is 45.8 Å². The third kappa shape index (κ3) is 4.19. The fourth-order valence-electron chi connectivity index (χ4n) is 4.62. The number of carbonyl (C=O) groups is 1. The first-order valence-corrected chi connectivity index (χ1v) is 11.1. The molecule has 1 fully saturated rings. The van der Waals surface area contributed by atoms with Gasteiger partial charge in [-0.3, -0.25) is 4.79 Å². The van der Waals surface area contributed by atoms with E-state index < -0.39 is 0 Å². The van der Waals surface area contributed by atoms with Gasteiger partial charge in [0.15, 0.2) is 5.82 Å². The zero-order chi connectivity index (χ0) is 21.3. The van der Waals surface area contributed by atoms with Crippen LogP contribution in [0, 0.1) is 13.8 Å². The standard InChI is InChI=1S/C24H33N5O/c1-16-8-7-9-19(17(16)2)14-25-23-20-15-28(4)13-11-21(20)26-24(27-23)22-10-5-6-12-29(22)18(3)30/h7-9,22H,5-6,10-15H2,1-4H3,(H,25,26,27). The molecular weight excluding hydrogens is 374 g/mol. The molecule has 0 saturated carbocycles. The lowest BCUT2D eigenvalue weighted by Gasteiger charge is -2.35. The summed E-state index contributed by atoms with van der Waals surface area (Å²) in [6, 6.07) is 6.43. The molecule has 0 bridgehead atoms. The van der Waals surface area contributed by atoms with Gasteiger partial charge in [0, 0.05) is 45.1 Å². The number of fused-ring (bicyclic) bond motifs is 1. The zero-order valence-corrected chi connectivity index (χ0v) is 18.7. The maximum absolute atomic E-state index is 12.2. The second-order valence-electron chi connectivity index (χ2n) is 8.78. The van der Waals surface area contributed by atoms with Crippen molar-refractivity contribution >= 4 is 11.7 Å². The number of carbonyl (C=O) groups excluding carboxylic acids is 1. The lowest BCUT2D eigenvalue weighted by molar-refractivity contribution is -0.132. The molecule has 1 atom stereocenters. The highest BCUT2D eigenvalue weighted by Crippen LogP contribution is 2.32. The Labute approximate surface area is 179 Å². The van der Waals surface area contributed by atoms with Gasteiger partial charge < -0.3 is 15.1 Å². The average molecular weight is 408 g/mol. The van der Waals surface area contributed by atoms with Crippen molar-refractivity contribution in [1.82, 2.24) is 19.8 Å². The molecular formula is C24H33N5O. The molecule has 1 N–H and O–H groups in total. The minimum Gasteiger partial charge on any atom is -0.366 e. The number of likely N-dealkylation sites (N-methyl/N-ethyl adjacent to an activating group) is 1.